The molecule has 0 radical (unpaired) electrons. The van der Waals surface area contributed by atoms with E-state index in [1.54, 1.807) is 30.1 Å². The van der Waals surface area contributed by atoms with Gasteiger partial charge in [0.05, 0.1) is 21.6 Å². The molecule has 4 aliphatic rings. The summed E-state index contributed by atoms with van der Waals surface area (Å²) in [6, 6.07) is 22.6. The molecular weight excluding hydrogens is 755 g/mol. The second-order valence-corrected chi connectivity index (χ2v) is 17.5. The highest BCUT2D eigenvalue weighted by atomic mass is 32.2. The van der Waals surface area contributed by atoms with Crippen molar-refractivity contribution in [2.45, 2.75) is 61.8 Å². The minimum Gasteiger partial charge on any atom is -0.455 e. The number of hydrogen-bond donors (Lipinski definition) is 3. The van der Waals surface area contributed by atoms with E-state index in [1.165, 1.54) is 37.0 Å². The number of nitro benzene ring substituents is 1. The molecule has 3 aliphatic heterocycles. The second kappa shape index (κ2) is 16.5. The third kappa shape index (κ3) is 8.05. The third-order valence-corrected chi connectivity index (χ3v) is 13.7. The molecule has 5 heterocycles. The molecule has 13 nitrogen and oxygen atoms in total. The van der Waals surface area contributed by atoms with E-state index in [9.17, 15) is 19.1 Å². The molecule has 1 atom stereocenters. The molecule has 9 rings (SSSR count). The number of nitrogens with zero attached hydrogens (tertiary/aromatic N) is 4. The molecule has 1 aliphatic carbocycles. The zero-order valence-corrected chi connectivity index (χ0v) is 33.3. The Morgan fingerprint density at radius 2 is 1.84 bits per heavy atom. The van der Waals surface area contributed by atoms with Gasteiger partial charge < -0.3 is 24.7 Å². The molecule has 302 valence electrons. The SMILES string of the molecule is O=C(NS(=O)c1ccc(NCC2CCOCC2)c([N+](=O)[O-])c1)c1ccc(N2CCC(CN3Cc4ccccc4C4(CCC4)C3)CC2)cc1Oc1cnc2[nH]ccc2c1. The molecular formula is C44H49N7O6S. The monoisotopic (exact) mass is 803 g/mol. The lowest BCUT2D eigenvalue weighted by molar-refractivity contribution is -0.384. The van der Waals surface area contributed by atoms with E-state index in [0.717, 1.165) is 69.5 Å². The molecule has 1 unspecified atom stereocenters. The third-order valence-electron chi connectivity index (χ3n) is 12.6. The maximum absolute atomic E-state index is 13.9. The fraction of sp³-hybridized carbons (Fsp3) is 0.409. The topological polar surface area (TPSA) is 155 Å². The molecule has 58 heavy (non-hydrogen) atoms. The molecule has 2 saturated heterocycles. The number of nitrogens with one attached hydrogen (secondary N) is 3. The highest BCUT2D eigenvalue weighted by molar-refractivity contribution is 7.83. The van der Waals surface area contributed by atoms with Crippen molar-refractivity contribution < 1.29 is 23.4 Å². The minimum atomic E-state index is -2.09. The van der Waals surface area contributed by atoms with Crippen LogP contribution in [0.4, 0.5) is 17.1 Å². The van der Waals surface area contributed by atoms with Crippen LogP contribution in [0.2, 0.25) is 0 Å². The summed E-state index contributed by atoms with van der Waals surface area (Å²) in [6.45, 7) is 6.95. The number of carbonyl (C=O) groups is 1. The van der Waals surface area contributed by atoms with Crippen LogP contribution >= 0.6 is 0 Å². The summed E-state index contributed by atoms with van der Waals surface area (Å²) in [5.74, 6) is 1.06. The molecule has 3 aromatic carbocycles. The fourth-order valence-electron chi connectivity index (χ4n) is 9.30. The second-order valence-electron chi connectivity index (χ2n) is 16.3. The molecule has 1 spiro atoms. The average molecular weight is 804 g/mol. The molecule has 2 aromatic heterocycles. The maximum Gasteiger partial charge on any atom is 0.293 e. The first-order chi connectivity index (χ1) is 28.3. The van der Waals surface area contributed by atoms with Gasteiger partial charge in [0.25, 0.3) is 11.6 Å². The van der Waals surface area contributed by atoms with E-state index in [4.69, 9.17) is 9.47 Å². The van der Waals surface area contributed by atoms with Crippen LogP contribution in [-0.4, -0.2) is 75.8 Å². The number of hydrogen-bond acceptors (Lipinski definition) is 10. The molecule has 5 aromatic rings. The number of anilines is 2. The summed E-state index contributed by atoms with van der Waals surface area (Å²) < 4.78 is 27.9. The van der Waals surface area contributed by atoms with Crippen LogP contribution in [0.5, 0.6) is 11.5 Å². The van der Waals surface area contributed by atoms with Crippen LogP contribution in [0.25, 0.3) is 11.0 Å². The Hall–Kier alpha value is -5.31. The predicted octanol–water partition coefficient (Wildman–Crippen LogP) is 7.71. The number of ether oxygens (including phenoxy) is 2. The lowest BCUT2D eigenvalue weighted by Gasteiger charge is -2.51. The van der Waals surface area contributed by atoms with Crippen molar-refractivity contribution in [3.05, 3.63) is 112 Å². The normalized spacial score (nSPS) is 19.0. The van der Waals surface area contributed by atoms with E-state index in [-0.39, 0.29) is 16.1 Å². The van der Waals surface area contributed by atoms with Crippen molar-refractivity contribution in [3.63, 3.8) is 0 Å². The van der Waals surface area contributed by atoms with E-state index >= 15 is 0 Å². The maximum atomic E-state index is 13.9. The van der Waals surface area contributed by atoms with E-state index in [2.05, 4.69) is 54.1 Å². The number of piperidine rings is 1. The number of H-pyrrole nitrogens is 1. The summed E-state index contributed by atoms with van der Waals surface area (Å²) in [6.07, 6.45) is 11.2. The van der Waals surface area contributed by atoms with Gasteiger partial charge in [-0.05, 0) is 97.9 Å². The number of pyridine rings is 1. The number of nitro groups is 1. The highest BCUT2D eigenvalue weighted by Gasteiger charge is 2.44. The number of fused-ring (bicyclic) bond motifs is 3. The van der Waals surface area contributed by atoms with Gasteiger partial charge in [-0.25, -0.2) is 9.19 Å². The molecule has 1 amide bonds. The first-order valence-electron chi connectivity index (χ1n) is 20.4. The smallest absolute Gasteiger partial charge is 0.293 e. The van der Waals surface area contributed by atoms with E-state index in [1.807, 2.05) is 24.3 Å². The lowest BCUT2D eigenvalue weighted by atomic mass is 9.61. The number of carbonyl (C=O) groups excluding carboxylic acids is 1. The zero-order valence-electron chi connectivity index (χ0n) is 32.5. The lowest BCUT2D eigenvalue weighted by Crippen LogP contribution is -2.51. The van der Waals surface area contributed by atoms with Gasteiger partial charge in [0.15, 0.2) is 11.0 Å². The van der Waals surface area contributed by atoms with E-state index in [0.29, 0.717) is 59.8 Å². The standard InChI is InChI=1S/C44H49N7O6S/c52-43(48-58(55)36-7-9-39(40(24-36)51(53)54)46-25-30-13-20-56-21-14-30)37-8-6-34(23-41(37)57-35-22-32-10-17-45-42(32)47-26-35)50-18-11-31(12-19-50)27-49-28-33-4-1-2-5-38(33)44(29-49)15-3-16-44/h1-2,4-10,17,22-24,26,30-31,46H,3,11-16,18-21,25,27-29H2,(H,45,47)(H,48,52). The van der Waals surface area contributed by atoms with Gasteiger partial charge in [-0.1, -0.05) is 30.7 Å². The van der Waals surface area contributed by atoms with Crippen LogP contribution in [0, 0.1) is 22.0 Å². The Morgan fingerprint density at radius 1 is 1.02 bits per heavy atom. The summed E-state index contributed by atoms with van der Waals surface area (Å²) >= 11 is 0. The van der Waals surface area contributed by atoms with Crippen LogP contribution in [0.15, 0.2) is 90.1 Å². The summed E-state index contributed by atoms with van der Waals surface area (Å²) in [7, 11) is -2.09. The fourth-order valence-corrected chi connectivity index (χ4v) is 10.1. The van der Waals surface area contributed by atoms with Gasteiger partial charge in [0.2, 0.25) is 0 Å². The molecule has 3 fully saturated rings. The average Bonchev–Trinajstić information content (AvgIpc) is 3.71. The quantitative estimate of drug-likeness (QED) is 0.0844. The number of aromatic nitrogens is 2. The number of aromatic amines is 1. The first kappa shape index (κ1) is 38.2. The van der Waals surface area contributed by atoms with Gasteiger partial charge in [-0.3, -0.25) is 24.5 Å². The Bertz CT molecular complexity index is 2330. The van der Waals surface area contributed by atoms with Crippen molar-refractivity contribution in [1.82, 2.24) is 19.6 Å². The van der Waals surface area contributed by atoms with Gasteiger partial charge in [-0.2, -0.15) is 0 Å². The highest BCUT2D eigenvalue weighted by Crippen LogP contribution is 2.48. The zero-order chi connectivity index (χ0) is 39.6. The van der Waals surface area contributed by atoms with Crippen LogP contribution in [0.1, 0.15) is 66.4 Å². The Morgan fingerprint density at radius 3 is 2.64 bits per heavy atom. The largest absolute Gasteiger partial charge is 0.455 e. The van der Waals surface area contributed by atoms with Gasteiger partial charge in [0.1, 0.15) is 22.8 Å². The van der Waals surface area contributed by atoms with Crippen molar-refractivity contribution >= 4 is 45.0 Å². The molecule has 1 saturated carbocycles. The molecule has 14 heteroatoms. The van der Waals surface area contributed by atoms with Gasteiger partial charge in [0, 0.05) is 87.3 Å². The predicted molar refractivity (Wildman–Crippen MR) is 224 cm³/mol. The number of amides is 1. The summed E-state index contributed by atoms with van der Waals surface area (Å²) in [5, 5.41) is 16.1. The summed E-state index contributed by atoms with van der Waals surface area (Å²) in [5.41, 5.74) is 5.36. The minimum absolute atomic E-state index is 0.109. The Kier molecular flexibility index (Phi) is 10.9. The first-order valence-corrected chi connectivity index (χ1v) is 21.6. The summed E-state index contributed by atoms with van der Waals surface area (Å²) in [4.78, 5) is 38.1. The Labute approximate surface area is 340 Å². The van der Waals surface area contributed by atoms with E-state index < -0.39 is 21.8 Å². The molecule has 0 bridgehead atoms. The Balaban J connectivity index is 0.894. The van der Waals surface area contributed by atoms with Crippen LogP contribution < -0.4 is 19.7 Å². The van der Waals surface area contributed by atoms with Crippen LogP contribution in [-0.2, 0) is 27.7 Å². The van der Waals surface area contributed by atoms with Crippen molar-refractivity contribution in [2.75, 3.05) is 56.2 Å². The number of benzene rings is 3. The van der Waals surface area contributed by atoms with Crippen LogP contribution in [0.3, 0.4) is 0 Å². The number of rotatable bonds is 12. The van der Waals surface area contributed by atoms with Crippen molar-refractivity contribution in [1.29, 1.82) is 0 Å². The van der Waals surface area contributed by atoms with Gasteiger partial charge >= 0.3 is 0 Å². The molecule has 3 N–H and O–H groups in total. The van der Waals surface area contributed by atoms with Gasteiger partial charge in [-0.15, -0.1) is 0 Å². The van der Waals surface area contributed by atoms with Crippen molar-refractivity contribution in [3.8, 4) is 11.5 Å². The van der Waals surface area contributed by atoms with Crippen molar-refractivity contribution in [2.24, 2.45) is 11.8 Å².